The van der Waals surface area contributed by atoms with Crippen LogP contribution in [0.5, 0.6) is 0 Å². The number of thioether (sulfide) groups is 1. The van der Waals surface area contributed by atoms with Crippen LogP contribution in [0, 0.1) is 0 Å². The van der Waals surface area contributed by atoms with Crippen molar-refractivity contribution in [3.8, 4) is 11.3 Å². The second kappa shape index (κ2) is 7.03. The molecule has 1 aliphatic heterocycles. The lowest BCUT2D eigenvalue weighted by Gasteiger charge is -2.25. The van der Waals surface area contributed by atoms with E-state index in [1.165, 1.54) is 4.90 Å². The largest absolute Gasteiger partial charge is 0.451 e. The fourth-order valence-corrected chi connectivity index (χ4v) is 3.15. The first-order valence-corrected chi connectivity index (χ1v) is 8.46. The van der Waals surface area contributed by atoms with Crippen molar-refractivity contribution >= 4 is 17.7 Å². The van der Waals surface area contributed by atoms with Crippen molar-refractivity contribution in [1.29, 1.82) is 0 Å². The highest BCUT2D eigenvalue weighted by Crippen LogP contribution is 2.27. The standard InChI is InChI=1S/C17H19NO3S/c1-2-22-14-5-3-4-13(12-14)15-6-7-16(21-15)17(19)18-8-10-20-11-9-18/h3-7,12H,2,8-11H2,1H3. The van der Waals surface area contributed by atoms with Gasteiger partial charge in [0.1, 0.15) is 5.76 Å². The molecule has 22 heavy (non-hydrogen) atoms. The smallest absolute Gasteiger partial charge is 0.289 e. The molecule has 1 aliphatic rings. The highest BCUT2D eigenvalue weighted by Gasteiger charge is 2.21. The molecule has 116 valence electrons. The Labute approximate surface area is 134 Å². The summed E-state index contributed by atoms with van der Waals surface area (Å²) in [6, 6.07) is 11.8. The molecule has 3 rings (SSSR count). The van der Waals surface area contributed by atoms with E-state index in [4.69, 9.17) is 9.15 Å². The first kappa shape index (κ1) is 15.2. The maximum atomic E-state index is 12.4. The zero-order valence-electron chi connectivity index (χ0n) is 12.6. The van der Waals surface area contributed by atoms with Crippen LogP contribution in [-0.2, 0) is 4.74 Å². The summed E-state index contributed by atoms with van der Waals surface area (Å²) in [5.41, 5.74) is 1.000. The van der Waals surface area contributed by atoms with Crippen molar-refractivity contribution in [3.05, 3.63) is 42.2 Å². The predicted molar refractivity (Wildman–Crippen MR) is 87.3 cm³/mol. The van der Waals surface area contributed by atoms with Gasteiger partial charge in [-0.1, -0.05) is 19.1 Å². The summed E-state index contributed by atoms with van der Waals surface area (Å²) in [5, 5.41) is 0. The van der Waals surface area contributed by atoms with Crippen LogP contribution in [-0.4, -0.2) is 42.9 Å². The van der Waals surface area contributed by atoms with Crippen molar-refractivity contribution in [2.45, 2.75) is 11.8 Å². The Morgan fingerprint density at radius 1 is 1.23 bits per heavy atom. The van der Waals surface area contributed by atoms with Gasteiger partial charge < -0.3 is 14.1 Å². The van der Waals surface area contributed by atoms with Gasteiger partial charge in [-0.2, -0.15) is 0 Å². The molecule has 1 saturated heterocycles. The van der Waals surface area contributed by atoms with E-state index in [1.807, 2.05) is 18.2 Å². The van der Waals surface area contributed by atoms with Gasteiger partial charge in [-0.25, -0.2) is 0 Å². The number of hydrogen-bond acceptors (Lipinski definition) is 4. The summed E-state index contributed by atoms with van der Waals surface area (Å²) in [4.78, 5) is 15.4. The Morgan fingerprint density at radius 3 is 2.82 bits per heavy atom. The first-order valence-electron chi connectivity index (χ1n) is 7.48. The molecule has 0 bridgehead atoms. The quantitative estimate of drug-likeness (QED) is 0.809. The molecule has 1 aromatic heterocycles. The molecule has 1 fully saturated rings. The molecule has 0 aliphatic carbocycles. The fraction of sp³-hybridized carbons (Fsp3) is 0.353. The van der Waals surface area contributed by atoms with E-state index in [0.717, 1.165) is 17.1 Å². The van der Waals surface area contributed by atoms with Crippen LogP contribution in [0.15, 0.2) is 45.7 Å². The van der Waals surface area contributed by atoms with Crippen LogP contribution in [0.2, 0.25) is 0 Å². The van der Waals surface area contributed by atoms with Gasteiger partial charge >= 0.3 is 0 Å². The molecule has 2 heterocycles. The van der Waals surface area contributed by atoms with Crippen LogP contribution < -0.4 is 0 Å². The molecule has 0 unspecified atom stereocenters. The molecule has 1 amide bonds. The molecule has 1 aromatic carbocycles. The Morgan fingerprint density at radius 2 is 2.05 bits per heavy atom. The van der Waals surface area contributed by atoms with Gasteiger partial charge in [-0.15, -0.1) is 11.8 Å². The number of amides is 1. The van der Waals surface area contributed by atoms with Gasteiger partial charge in [-0.05, 0) is 30.0 Å². The maximum Gasteiger partial charge on any atom is 0.289 e. The number of carbonyl (C=O) groups excluding carboxylic acids is 1. The Hall–Kier alpha value is -1.72. The third-order valence-electron chi connectivity index (χ3n) is 3.54. The molecule has 0 saturated carbocycles. The van der Waals surface area contributed by atoms with Gasteiger partial charge in [-0.3, -0.25) is 4.79 Å². The summed E-state index contributed by atoms with van der Waals surface area (Å²) in [5.74, 6) is 2.09. The van der Waals surface area contributed by atoms with Crippen molar-refractivity contribution in [3.63, 3.8) is 0 Å². The summed E-state index contributed by atoms with van der Waals surface area (Å²) in [6.07, 6.45) is 0. The lowest BCUT2D eigenvalue weighted by Crippen LogP contribution is -2.40. The topological polar surface area (TPSA) is 42.7 Å². The molecular weight excluding hydrogens is 298 g/mol. The summed E-state index contributed by atoms with van der Waals surface area (Å²) in [6.45, 7) is 4.56. The van der Waals surface area contributed by atoms with Gasteiger partial charge in [0.05, 0.1) is 13.2 Å². The van der Waals surface area contributed by atoms with E-state index >= 15 is 0 Å². The highest BCUT2D eigenvalue weighted by atomic mass is 32.2. The first-order chi connectivity index (χ1) is 10.8. The third kappa shape index (κ3) is 3.36. The van der Waals surface area contributed by atoms with Crippen molar-refractivity contribution in [2.24, 2.45) is 0 Å². The average molecular weight is 317 g/mol. The lowest BCUT2D eigenvalue weighted by atomic mass is 10.2. The van der Waals surface area contributed by atoms with Gasteiger partial charge in [0.2, 0.25) is 0 Å². The maximum absolute atomic E-state index is 12.4. The van der Waals surface area contributed by atoms with Crippen LogP contribution in [0.4, 0.5) is 0 Å². The zero-order chi connectivity index (χ0) is 15.4. The normalized spacial score (nSPS) is 15.0. The summed E-state index contributed by atoms with van der Waals surface area (Å²) in [7, 11) is 0. The van der Waals surface area contributed by atoms with Gasteiger partial charge in [0, 0.05) is 23.5 Å². The molecular formula is C17H19NO3S. The van der Waals surface area contributed by atoms with Crippen molar-refractivity contribution in [1.82, 2.24) is 4.90 Å². The van der Waals surface area contributed by atoms with Crippen molar-refractivity contribution in [2.75, 3.05) is 32.1 Å². The van der Waals surface area contributed by atoms with Crippen LogP contribution >= 0.6 is 11.8 Å². The van der Waals surface area contributed by atoms with Gasteiger partial charge in [0.15, 0.2) is 5.76 Å². The lowest BCUT2D eigenvalue weighted by molar-refractivity contribution is 0.0283. The van der Waals surface area contributed by atoms with E-state index in [9.17, 15) is 4.79 Å². The highest BCUT2D eigenvalue weighted by molar-refractivity contribution is 7.99. The molecule has 0 N–H and O–H groups in total. The minimum absolute atomic E-state index is 0.0614. The number of rotatable bonds is 4. The Bertz CT molecular complexity index is 647. The fourth-order valence-electron chi connectivity index (χ4n) is 2.44. The second-order valence-corrected chi connectivity index (χ2v) is 6.37. The number of morpholine rings is 1. The molecule has 5 heteroatoms. The number of hydrogen-bond donors (Lipinski definition) is 0. The predicted octanol–water partition coefficient (Wildman–Crippen LogP) is 3.53. The number of nitrogens with zero attached hydrogens (tertiary/aromatic N) is 1. The number of furan rings is 1. The third-order valence-corrected chi connectivity index (χ3v) is 4.42. The monoisotopic (exact) mass is 317 g/mol. The average Bonchev–Trinajstić information content (AvgIpc) is 3.06. The van der Waals surface area contributed by atoms with E-state index in [1.54, 1.807) is 22.7 Å². The SMILES string of the molecule is CCSc1cccc(-c2ccc(C(=O)N3CCOCC3)o2)c1. The van der Waals surface area contributed by atoms with Crippen molar-refractivity contribution < 1.29 is 13.9 Å². The summed E-state index contributed by atoms with van der Waals surface area (Å²) < 4.78 is 11.0. The summed E-state index contributed by atoms with van der Waals surface area (Å²) >= 11 is 1.79. The van der Waals surface area contributed by atoms with E-state index in [-0.39, 0.29) is 5.91 Å². The van der Waals surface area contributed by atoms with Crippen LogP contribution in [0.3, 0.4) is 0 Å². The minimum Gasteiger partial charge on any atom is -0.451 e. The van der Waals surface area contributed by atoms with Crippen LogP contribution in [0.25, 0.3) is 11.3 Å². The van der Waals surface area contributed by atoms with E-state index in [0.29, 0.717) is 32.1 Å². The molecule has 0 radical (unpaired) electrons. The second-order valence-electron chi connectivity index (χ2n) is 5.03. The molecule has 2 aromatic rings. The van der Waals surface area contributed by atoms with Gasteiger partial charge in [0.25, 0.3) is 5.91 Å². The number of ether oxygens (including phenoxy) is 1. The minimum atomic E-state index is -0.0614. The molecule has 0 spiro atoms. The number of carbonyl (C=O) groups is 1. The van der Waals surface area contributed by atoms with Crippen LogP contribution in [0.1, 0.15) is 17.5 Å². The molecule has 0 atom stereocenters. The zero-order valence-corrected chi connectivity index (χ0v) is 13.4. The molecule has 4 nitrogen and oxygen atoms in total. The van der Waals surface area contributed by atoms with E-state index < -0.39 is 0 Å². The Balaban J connectivity index is 1.78. The Kier molecular flexibility index (Phi) is 4.85. The van der Waals surface area contributed by atoms with E-state index in [2.05, 4.69) is 19.1 Å². The number of benzene rings is 1.